The van der Waals surface area contributed by atoms with Gasteiger partial charge in [0.15, 0.2) is 0 Å². The van der Waals surface area contributed by atoms with Crippen LogP contribution in [-0.2, 0) is 0 Å². The maximum atomic E-state index is 6.22. The van der Waals surface area contributed by atoms with Gasteiger partial charge in [-0.05, 0) is 37.0 Å². The fourth-order valence-electron chi connectivity index (χ4n) is 3.64. The van der Waals surface area contributed by atoms with Gasteiger partial charge in [-0.25, -0.2) is 0 Å². The lowest BCUT2D eigenvalue weighted by molar-refractivity contribution is 0.104. The Kier molecular flexibility index (Phi) is 4.87. The van der Waals surface area contributed by atoms with Gasteiger partial charge in [0.25, 0.3) is 0 Å². The number of rotatable bonds is 3. The van der Waals surface area contributed by atoms with Crippen molar-refractivity contribution in [3.8, 4) is 0 Å². The number of likely N-dealkylation sites (tertiary alicyclic amines) is 1. The molecule has 0 aromatic carbocycles. The van der Waals surface area contributed by atoms with Crippen LogP contribution in [0.3, 0.4) is 0 Å². The Morgan fingerprint density at radius 1 is 1.12 bits per heavy atom. The lowest BCUT2D eigenvalue weighted by Crippen LogP contribution is -2.49. The van der Waals surface area contributed by atoms with Crippen molar-refractivity contribution < 1.29 is 0 Å². The summed E-state index contributed by atoms with van der Waals surface area (Å²) in [5, 5.41) is 0. The number of nitrogens with zero attached hydrogens (tertiary/aromatic N) is 1. The third-order valence-electron chi connectivity index (χ3n) is 4.77. The summed E-state index contributed by atoms with van der Waals surface area (Å²) in [4.78, 5) is 2.66. The van der Waals surface area contributed by atoms with Crippen LogP contribution in [0.25, 0.3) is 0 Å². The standard InChI is InChI=1S/C15H30N2/c1-12(2)14-8-15(16)11-17(10-14)9-13-6-4-3-5-7-13/h12-15H,3-11,16H2,1-2H3. The SMILES string of the molecule is CC(C)C1CC(N)CN(CC2CCCCC2)C1. The van der Waals surface area contributed by atoms with Crippen molar-refractivity contribution in [1.82, 2.24) is 4.90 Å². The summed E-state index contributed by atoms with van der Waals surface area (Å²) in [5.74, 6) is 2.57. The van der Waals surface area contributed by atoms with Gasteiger partial charge in [-0.15, -0.1) is 0 Å². The van der Waals surface area contributed by atoms with Gasteiger partial charge in [0.2, 0.25) is 0 Å². The summed E-state index contributed by atoms with van der Waals surface area (Å²) in [6, 6.07) is 0.416. The van der Waals surface area contributed by atoms with E-state index >= 15 is 0 Å². The van der Waals surface area contributed by atoms with Gasteiger partial charge in [0, 0.05) is 25.7 Å². The number of hydrogen-bond donors (Lipinski definition) is 1. The Morgan fingerprint density at radius 3 is 2.47 bits per heavy atom. The summed E-state index contributed by atoms with van der Waals surface area (Å²) in [6.45, 7) is 8.45. The minimum Gasteiger partial charge on any atom is -0.327 e. The first kappa shape index (κ1) is 13.4. The topological polar surface area (TPSA) is 29.3 Å². The first-order valence-corrected chi connectivity index (χ1v) is 7.63. The van der Waals surface area contributed by atoms with Gasteiger partial charge in [0.1, 0.15) is 0 Å². The number of hydrogen-bond acceptors (Lipinski definition) is 2. The summed E-state index contributed by atoms with van der Waals surface area (Å²) in [5.41, 5.74) is 6.22. The fraction of sp³-hybridized carbons (Fsp3) is 1.00. The van der Waals surface area contributed by atoms with Crippen LogP contribution in [0.2, 0.25) is 0 Å². The average molecular weight is 238 g/mol. The molecule has 2 N–H and O–H groups in total. The second-order valence-electron chi connectivity index (χ2n) is 6.72. The van der Waals surface area contributed by atoms with E-state index in [-0.39, 0.29) is 0 Å². The van der Waals surface area contributed by atoms with E-state index in [1.807, 2.05) is 0 Å². The molecule has 2 aliphatic rings. The maximum absolute atomic E-state index is 6.22. The van der Waals surface area contributed by atoms with Gasteiger partial charge in [-0.3, -0.25) is 0 Å². The Bertz CT molecular complexity index is 221. The predicted octanol–water partition coefficient (Wildman–Crippen LogP) is 2.87. The summed E-state index contributed by atoms with van der Waals surface area (Å²) in [6.07, 6.45) is 8.52. The van der Waals surface area contributed by atoms with Crippen molar-refractivity contribution in [1.29, 1.82) is 0 Å². The maximum Gasteiger partial charge on any atom is 0.0171 e. The Labute approximate surface area is 107 Å². The molecular formula is C15H30N2. The van der Waals surface area contributed by atoms with Crippen molar-refractivity contribution in [2.45, 2.75) is 58.4 Å². The number of piperidine rings is 1. The van der Waals surface area contributed by atoms with Crippen molar-refractivity contribution in [2.75, 3.05) is 19.6 Å². The first-order chi connectivity index (χ1) is 8.15. The number of nitrogens with two attached hydrogens (primary N) is 1. The lowest BCUT2D eigenvalue weighted by Gasteiger charge is -2.40. The first-order valence-electron chi connectivity index (χ1n) is 7.63. The Balaban J connectivity index is 1.82. The zero-order chi connectivity index (χ0) is 12.3. The van der Waals surface area contributed by atoms with Crippen molar-refractivity contribution in [2.24, 2.45) is 23.5 Å². The Morgan fingerprint density at radius 2 is 1.82 bits per heavy atom. The molecule has 0 bridgehead atoms. The third kappa shape index (κ3) is 3.96. The molecule has 0 spiro atoms. The van der Waals surface area contributed by atoms with E-state index in [1.54, 1.807) is 0 Å². The van der Waals surface area contributed by atoms with Gasteiger partial charge in [-0.1, -0.05) is 33.1 Å². The van der Waals surface area contributed by atoms with Crippen molar-refractivity contribution >= 4 is 0 Å². The smallest absolute Gasteiger partial charge is 0.0171 e. The molecule has 0 amide bonds. The normalized spacial score (nSPS) is 33.2. The molecule has 2 fully saturated rings. The van der Waals surface area contributed by atoms with E-state index in [2.05, 4.69) is 18.7 Å². The van der Waals surface area contributed by atoms with E-state index in [0.717, 1.165) is 24.3 Å². The lowest BCUT2D eigenvalue weighted by atomic mass is 9.84. The van der Waals surface area contributed by atoms with E-state index in [0.29, 0.717) is 6.04 Å². The molecule has 2 rings (SSSR count). The van der Waals surface area contributed by atoms with Gasteiger partial charge in [0.05, 0.1) is 0 Å². The quantitative estimate of drug-likeness (QED) is 0.819. The molecule has 17 heavy (non-hydrogen) atoms. The molecule has 1 aliphatic heterocycles. The molecule has 2 unspecified atom stereocenters. The van der Waals surface area contributed by atoms with Crippen LogP contribution in [0, 0.1) is 17.8 Å². The molecule has 0 aromatic heterocycles. The van der Waals surface area contributed by atoms with Crippen LogP contribution in [-0.4, -0.2) is 30.6 Å². The van der Waals surface area contributed by atoms with Crippen LogP contribution in [0.15, 0.2) is 0 Å². The molecule has 2 nitrogen and oxygen atoms in total. The monoisotopic (exact) mass is 238 g/mol. The van der Waals surface area contributed by atoms with Crippen LogP contribution in [0.1, 0.15) is 52.4 Å². The van der Waals surface area contributed by atoms with E-state index < -0.39 is 0 Å². The molecule has 1 saturated heterocycles. The molecule has 1 aliphatic carbocycles. The van der Waals surface area contributed by atoms with Crippen LogP contribution in [0.5, 0.6) is 0 Å². The fourth-order valence-corrected chi connectivity index (χ4v) is 3.64. The van der Waals surface area contributed by atoms with Gasteiger partial charge < -0.3 is 10.6 Å². The Hall–Kier alpha value is -0.0800. The zero-order valence-electron chi connectivity index (χ0n) is 11.7. The third-order valence-corrected chi connectivity index (χ3v) is 4.77. The second kappa shape index (κ2) is 6.19. The second-order valence-corrected chi connectivity index (χ2v) is 6.72. The molecule has 2 atom stereocenters. The van der Waals surface area contributed by atoms with Crippen LogP contribution < -0.4 is 5.73 Å². The molecule has 1 heterocycles. The van der Waals surface area contributed by atoms with Crippen molar-refractivity contribution in [3.63, 3.8) is 0 Å². The molecular weight excluding hydrogens is 208 g/mol. The zero-order valence-corrected chi connectivity index (χ0v) is 11.7. The van der Waals surface area contributed by atoms with Crippen molar-refractivity contribution in [3.05, 3.63) is 0 Å². The molecule has 0 aromatic rings. The predicted molar refractivity (Wildman–Crippen MR) is 73.9 cm³/mol. The minimum atomic E-state index is 0.416. The van der Waals surface area contributed by atoms with Gasteiger partial charge in [-0.2, -0.15) is 0 Å². The summed E-state index contributed by atoms with van der Waals surface area (Å²) < 4.78 is 0. The highest BCUT2D eigenvalue weighted by atomic mass is 15.2. The molecule has 0 radical (unpaired) electrons. The molecule has 2 heteroatoms. The molecule has 1 saturated carbocycles. The average Bonchev–Trinajstić information content (AvgIpc) is 2.29. The highest BCUT2D eigenvalue weighted by Gasteiger charge is 2.28. The summed E-state index contributed by atoms with van der Waals surface area (Å²) in [7, 11) is 0. The van der Waals surface area contributed by atoms with Gasteiger partial charge >= 0.3 is 0 Å². The van der Waals surface area contributed by atoms with E-state index in [1.165, 1.54) is 51.6 Å². The highest BCUT2D eigenvalue weighted by Crippen LogP contribution is 2.28. The molecule has 100 valence electrons. The van der Waals surface area contributed by atoms with E-state index in [4.69, 9.17) is 5.73 Å². The highest BCUT2D eigenvalue weighted by molar-refractivity contribution is 4.84. The minimum absolute atomic E-state index is 0.416. The largest absolute Gasteiger partial charge is 0.327 e. The van der Waals surface area contributed by atoms with Crippen LogP contribution >= 0.6 is 0 Å². The van der Waals surface area contributed by atoms with Crippen LogP contribution in [0.4, 0.5) is 0 Å². The van der Waals surface area contributed by atoms with E-state index in [9.17, 15) is 0 Å². The summed E-state index contributed by atoms with van der Waals surface area (Å²) >= 11 is 0.